The molecule has 0 bridgehead atoms. The molecular weight excluding hydrogens is 204 g/mol. The van der Waals surface area contributed by atoms with Crippen LogP contribution >= 0.6 is 0 Å². The molecule has 16 heavy (non-hydrogen) atoms. The normalized spacial score (nSPS) is 15.9. The quantitative estimate of drug-likeness (QED) is 0.768. The third-order valence-electron chi connectivity index (χ3n) is 2.85. The highest BCUT2D eigenvalue weighted by atomic mass is 16.2. The van der Waals surface area contributed by atoms with Gasteiger partial charge < -0.3 is 10.2 Å². The topological polar surface area (TPSA) is 49.4 Å². The van der Waals surface area contributed by atoms with E-state index in [1.54, 1.807) is 0 Å². The van der Waals surface area contributed by atoms with Crippen molar-refractivity contribution in [3.8, 4) is 0 Å². The minimum absolute atomic E-state index is 0.0499. The predicted octanol–water partition coefficient (Wildman–Crippen LogP) is 1.31. The summed E-state index contributed by atoms with van der Waals surface area (Å²) in [5, 5.41) is 2.77. The first-order valence-electron chi connectivity index (χ1n) is 6.28. The number of hydrogen-bond donors (Lipinski definition) is 1. The standard InChI is InChI=1S/C12H22N2O2/c1-2-6-11(15)13-8-7-12(16)14-9-4-3-5-10-14/h2-10H2,1H3,(H,13,15). The Morgan fingerprint density at radius 2 is 1.81 bits per heavy atom. The molecule has 0 unspecified atom stereocenters. The minimum Gasteiger partial charge on any atom is -0.356 e. The number of carbonyl (C=O) groups is 2. The van der Waals surface area contributed by atoms with E-state index in [-0.39, 0.29) is 11.8 Å². The molecule has 0 atom stereocenters. The van der Waals surface area contributed by atoms with Crippen molar-refractivity contribution in [2.24, 2.45) is 0 Å². The van der Waals surface area contributed by atoms with Gasteiger partial charge in [0.1, 0.15) is 0 Å². The summed E-state index contributed by atoms with van der Waals surface area (Å²) < 4.78 is 0. The fraction of sp³-hybridized carbons (Fsp3) is 0.833. The summed E-state index contributed by atoms with van der Waals surface area (Å²) >= 11 is 0. The number of hydrogen-bond acceptors (Lipinski definition) is 2. The molecule has 0 aliphatic carbocycles. The molecule has 0 aromatic carbocycles. The molecule has 1 rings (SSSR count). The van der Waals surface area contributed by atoms with Crippen molar-refractivity contribution in [2.45, 2.75) is 45.4 Å². The second kappa shape index (κ2) is 7.25. The maximum absolute atomic E-state index is 11.7. The monoisotopic (exact) mass is 226 g/mol. The first-order valence-corrected chi connectivity index (χ1v) is 6.28. The van der Waals surface area contributed by atoms with Gasteiger partial charge in [-0.1, -0.05) is 6.92 Å². The Bertz CT molecular complexity index is 235. The molecule has 4 heteroatoms. The van der Waals surface area contributed by atoms with Crippen molar-refractivity contribution in [1.82, 2.24) is 10.2 Å². The lowest BCUT2D eigenvalue weighted by Crippen LogP contribution is -2.37. The first-order chi connectivity index (χ1) is 7.74. The van der Waals surface area contributed by atoms with E-state index in [1.165, 1.54) is 6.42 Å². The fourth-order valence-corrected chi connectivity index (χ4v) is 1.93. The van der Waals surface area contributed by atoms with Gasteiger partial charge in [-0.05, 0) is 25.7 Å². The zero-order valence-electron chi connectivity index (χ0n) is 10.1. The van der Waals surface area contributed by atoms with Gasteiger partial charge in [0.25, 0.3) is 0 Å². The van der Waals surface area contributed by atoms with Crippen LogP contribution in [0.2, 0.25) is 0 Å². The predicted molar refractivity (Wildman–Crippen MR) is 63.0 cm³/mol. The van der Waals surface area contributed by atoms with E-state index in [2.05, 4.69) is 5.32 Å². The molecule has 1 N–H and O–H groups in total. The lowest BCUT2D eigenvalue weighted by molar-refractivity contribution is -0.132. The smallest absolute Gasteiger partial charge is 0.224 e. The summed E-state index contributed by atoms with van der Waals surface area (Å²) in [5.74, 6) is 0.227. The number of nitrogens with one attached hydrogen (secondary N) is 1. The summed E-state index contributed by atoms with van der Waals surface area (Å²) in [7, 11) is 0. The van der Waals surface area contributed by atoms with Gasteiger partial charge >= 0.3 is 0 Å². The minimum atomic E-state index is 0.0499. The zero-order chi connectivity index (χ0) is 11.8. The Balaban J connectivity index is 2.12. The Morgan fingerprint density at radius 3 is 2.44 bits per heavy atom. The van der Waals surface area contributed by atoms with Crippen LogP contribution < -0.4 is 5.32 Å². The maximum atomic E-state index is 11.7. The molecule has 0 radical (unpaired) electrons. The van der Waals surface area contributed by atoms with Crippen LogP contribution in [0.25, 0.3) is 0 Å². The van der Waals surface area contributed by atoms with E-state index in [0.29, 0.717) is 19.4 Å². The van der Waals surface area contributed by atoms with Crippen molar-refractivity contribution in [1.29, 1.82) is 0 Å². The van der Waals surface area contributed by atoms with Gasteiger partial charge in [0, 0.05) is 32.5 Å². The molecule has 92 valence electrons. The fourth-order valence-electron chi connectivity index (χ4n) is 1.93. The molecule has 0 saturated carbocycles. The molecule has 1 heterocycles. The van der Waals surface area contributed by atoms with Gasteiger partial charge in [-0.15, -0.1) is 0 Å². The molecule has 2 amide bonds. The number of nitrogens with zero attached hydrogens (tertiary/aromatic N) is 1. The van der Waals surface area contributed by atoms with Crippen LogP contribution in [0.15, 0.2) is 0 Å². The van der Waals surface area contributed by atoms with E-state index in [1.807, 2.05) is 11.8 Å². The lowest BCUT2D eigenvalue weighted by Gasteiger charge is -2.26. The van der Waals surface area contributed by atoms with Crippen LogP contribution in [-0.4, -0.2) is 36.3 Å². The largest absolute Gasteiger partial charge is 0.356 e. The Kier molecular flexibility index (Phi) is 5.90. The van der Waals surface area contributed by atoms with E-state index < -0.39 is 0 Å². The van der Waals surface area contributed by atoms with Crippen molar-refractivity contribution in [3.63, 3.8) is 0 Å². The molecule has 1 saturated heterocycles. The SMILES string of the molecule is CCCC(=O)NCCC(=O)N1CCCCC1. The number of piperidine rings is 1. The van der Waals surface area contributed by atoms with Crippen LogP contribution in [0.1, 0.15) is 45.4 Å². The van der Waals surface area contributed by atoms with Crippen LogP contribution in [-0.2, 0) is 9.59 Å². The molecule has 0 aromatic heterocycles. The highest BCUT2D eigenvalue weighted by Crippen LogP contribution is 2.09. The number of likely N-dealkylation sites (tertiary alicyclic amines) is 1. The molecule has 0 spiro atoms. The zero-order valence-corrected chi connectivity index (χ0v) is 10.1. The van der Waals surface area contributed by atoms with Gasteiger partial charge in [-0.25, -0.2) is 0 Å². The summed E-state index contributed by atoms with van der Waals surface area (Å²) in [6, 6.07) is 0. The van der Waals surface area contributed by atoms with E-state index in [4.69, 9.17) is 0 Å². The van der Waals surface area contributed by atoms with Crippen molar-refractivity contribution >= 4 is 11.8 Å². The molecular formula is C12H22N2O2. The second-order valence-electron chi connectivity index (χ2n) is 4.29. The number of rotatable bonds is 5. The van der Waals surface area contributed by atoms with Gasteiger partial charge in [-0.2, -0.15) is 0 Å². The van der Waals surface area contributed by atoms with Crippen molar-refractivity contribution < 1.29 is 9.59 Å². The van der Waals surface area contributed by atoms with Crippen LogP contribution in [0, 0.1) is 0 Å². The maximum Gasteiger partial charge on any atom is 0.224 e. The highest BCUT2D eigenvalue weighted by Gasteiger charge is 2.15. The summed E-state index contributed by atoms with van der Waals surface area (Å²) in [6.07, 6.45) is 5.32. The molecule has 0 aromatic rings. The lowest BCUT2D eigenvalue weighted by atomic mass is 10.1. The van der Waals surface area contributed by atoms with Crippen molar-refractivity contribution in [3.05, 3.63) is 0 Å². The van der Waals surface area contributed by atoms with E-state index >= 15 is 0 Å². The molecule has 1 aliphatic rings. The van der Waals surface area contributed by atoms with Gasteiger partial charge in [0.05, 0.1) is 0 Å². The third kappa shape index (κ3) is 4.64. The van der Waals surface area contributed by atoms with Gasteiger partial charge in [-0.3, -0.25) is 9.59 Å². The van der Waals surface area contributed by atoms with Crippen molar-refractivity contribution in [2.75, 3.05) is 19.6 Å². The van der Waals surface area contributed by atoms with Crippen LogP contribution in [0.5, 0.6) is 0 Å². The first kappa shape index (κ1) is 13.0. The summed E-state index contributed by atoms with van der Waals surface area (Å²) in [6.45, 7) is 4.23. The number of carbonyl (C=O) groups excluding carboxylic acids is 2. The van der Waals surface area contributed by atoms with E-state index in [0.717, 1.165) is 32.4 Å². The van der Waals surface area contributed by atoms with Gasteiger partial charge in [0.2, 0.25) is 11.8 Å². The summed E-state index contributed by atoms with van der Waals surface area (Å²) in [5.41, 5.74) is 0. The van der Waals surface area contributed by atoms with Crippen LogP contribution in [0.4, 0.5) is 0 Å². The third-order valence-corrected chi connectivity index (χ3v) is 2.85. The molecule has 1 aliphatic heterocycles. The average molecular weight is 226 g/mol. The molecule has 1 fully saturated rings. The molecule has 4 nitrogen and oxygen atoms in total. The second-order valence-corrected chi connectivity index (χ2v) is 4.29. The number of amides is 2. The Labute approximate surface area is 97.4 Å². The van der Waals surface area contributed by atoms with E-state index in [9.17, 15) is 9.59 Å². The Hall–Kier alpha value is -1.06. The highest BCUT2D eigenvalue weighted by molar-refractivity contribution is 5.79. The average Bonchev–Trinajstić information content (AvgIpc) is 2.30. The van der Waals surface area contributed by atoms with Crippen LogP contribution in [0.3, 0.4) is 0 Å². The Morgan fingerprint density at radius 1 is 1.12 bits per heavy atom. The van der Waals surface area contributed by atoms with Gasteiger partial charge in [0.15, 0.2) is 0 Å². The summed E-state index contributed by atoms with van der Waals surface area (Å²) in [4.78, 5) is 24.8.